The molecule has 1 aliphatic heterocycles. The van der Waals surface area contributed by atoms with Gasteiger partial charge in [-0.1, -0.05) is 6.92 Å². The predicted octanol–water partition coefficient (Wildman–Crippen LogP) is -1.45. The number of hydrogen-bond acceptors (Lipinski definition) is 6. The molecule has 0 radical (unpaired) electrons. The highest BCUT2D eigenvalue weighted by Gasteiger charge is 2.66. The van der Waals surface area contributed by atoms with E-state index in [0.29, 0.717) is 4.90 Å². The van der Waals surface area contributed by atoms with E-state index in [9.17, 15) is 39.3 Å². The van der Waals surface area contributed by atoms with Crippen molar-refractivity contribution >= 4 is 29.8 Å². The van der Waals surface area contributed by atoms with Gasteiger partial charge in [-0.15, -0.1) is 0 Å². The number of aliphatic carboxylic acids is 4. The van der Waals surface area contributed by atoms with E-state index < -0.39 is 72.0 Å². The Bertz CT molecular complexity index is 581. The van der Waals surface area contributed by atoms with Gasteiger partial charge in [0.2, 0.25) is 0 Å². The molecule has 4 unspecified atom stereocenters. The van der Waals surface area contributed by atoms with Crippen LogP contribution in [-0.4, -0.2) is 78.9 Å². The van der Waals surface area contributed by atoms with Crippen LogP contribution in [0.4, 0.5) is 0 Å². The van der Waals surface area contributed by atoms with E-state index in [1.165, 1.54) is 6.92 Å². The molecule has 0 spiro atoms. The van der Waals surface area contributed by atoms with Crippen molar-refractivity contribution in [2.24, 2.45) is 17.8 Å². The fraction of sp³-hybridized carbons (Fsp3) is 0.643. The Labute approximate surface area is 141 Å². The molecular formula is C14H19NO10. The number of amides is 1. The van der Waals surface area contributed by atoms with Crippen LogP contribution in [0.5, 0.6) is 0 Å². The number of aliphatic hydroxyl groups is 1. The lowest BCUT2D eigenvalue weighted by Crippen LogP contribution is -2.62. The molecule has 11 nitrogen and oxygen atoms in total. The van der Waals surface area contributed by atoms with E-state index in [0.717, 1.165) is 7.05 Å². The van der Waals surface area contributed by atoms with Crippen molar-refractivity contribution < 1.29 is 49.5 Å². The lowest BCUT2D eigenvalue weighted by atomic mass is 9.64. The fourth-order valence-corrected chi connectivity index (χ4v) is 3.75. The summed E-state index contributed by atoms with van der Waals surface area (Å²) in [5, 5.41) is 47.1. The Morgan fingerprint density at radius 2 is 1.36 bits per heavy atom. The molecule has 25 heavy (non-hydrogen) atoms. The van der Waals surface area contributed by atoms with Gasteiger partial charge in [0.15, 0.2) is 0 Å². The summed E-state index contributed by atoms with van der Waals surface area (Å²) in [4.78, 5) is 58.5. The minimum atomic E-state index is -2.23. The molecule has 1 saturated heterocycles. The highest BCUT2D eigenvalue weighted by atomic mass is 16.4. The van der Waals surface area contributed by atoms with E-state index in [2.05, 4.69) is 0 Å². The molecule has 0 aromatic heterocycles. The summed E-state index contributed by atoms with van der Waals surface area (Å²) in [6, 6.07) is 0. The number of nitrogens with zero attached hydrogens (tertiary/aromatic N) is 1. The van der Waals surface area contributed by atoms with Crippen LogP contribution >= 0.6 is 0 Å². The van der Waals surface area contributed by atoms with Crippen molar-refractivity contribution in [3.05, 3.63) is 0 Å². The lowest BCUT2D eigenvalue weighted by Gasteiger charge is -2.46. The van der Waals surface area contributed by atoms with Crippen molar-refractivity contribution in [1.82, 2.24) is 4.90 Å². The van der Waals surface area contributed by atoms with Gasteiger partial charge in [0.05, 0.1) is 30.2 Å². The lowest BCUT2D eigenvalue weighted by molar-refractivity contribution is -0.169. The minimum absolute atomic E-state index is 0.672. The second kappa shape index (κ2) is 7.05. The Kier molecular flexibility index (Phi) is 5.74. The smallest absolute Gasteiger partial charge is 0.309 e. The van der Waals surface area contributed by atoms with Gasteiger partial charge in [0, 0.05) is 13.0 Å². The predicted molar refractivity (Wildman–Crippen MR) is 77.4 cm³/mol. The van der Waals surface area contributed by atoms with Crippen LogP contribution in [0.15, 0.2) is 0 Å². The average molecular weight is 361 g/mol. The summed E-state index contributed by atoms with van der Waals surface area (Å²) < 4.78 is 0. The number of carboxylic acid groups (broad SMARTS) is 4. The average Bonchev–Trinajstić information content (AvgIpc) is 2.64. The molecule has 0 aliphatic carbocycles. The van der Waals surface area contributed by atoms with Crippen LogP contribution in [0.3, 0.4) is 0 Å². The van der Waals surface area contributed by atoms with E-state index in [4.69, 9.17) is 10.2 Å². The molecular weight excluding hydrogens is 342 g/mol. The molecule has 11 heteroatoms. The van der Waals surface area contributed by atoms with Crippen LogP contribution in [0.2, 0.25) is 0 Å². The van der Waals surface area contributed by atoms with Gasteiger partial charge in [-0.05, 0) is 0 Å². The summed E-state index contributed by atoms with van der Waals surface area (Å²) >= 11 is 0. The highest BCUT2D eigenvalue weighted by molar-refractivity contribution is 5.91. The summed E-state index contributed by atoms with van der Waals surface area (Å²) in [5.41, 5.74) is -2.23. The Morgan fingerprint density at radius 1 is 1.00 bits per heavy atom. The van der Waals surface area contributed by atoms with Crippen LogP contribution in [0.1, 0.15) is 19.8 Å². The zero-order valence-electron chi connectivity index (χ0n) is 13.4. The van der Waals surface area contributed by atoms with Crippen molar-refractivity contribution in [3.8, 4) is 0 Å². The minimum Gasteiger partial charge on any atom is -0.481 e. The quantitative estimate of drug-likeness (QED) is 0.341. The summed E-state index contributed by atoms with van der Waals surface area (Å²) in [6.07, 6.45) is -3.88. The maximum Gasteiger partial charge on any atom is 0.309 e. The SMILES string of the molecule is CC1C(O)C(=O)N(C)C1(C(CC(=O)O)C(=O)O)C(CC(=O)O)C(=O)O. The van der Waals surface area contributed by atoms with Gasteiger partial charge in [-0.25, -0.2) is 0 Å². The third-order valence-corrected chi connectivity index (χ3v) is 4.84. The molecule has 1 amide bonds. The van der Waals surface area contributed by atoms with Gasteiger partial charge in [-0.2, -0.15) is 0 Å². The van der Waals surface area contributed by atoms with Gasteiger partial charge in [0.1, 0.15) is 6.10 Å². The van der Waals surface area contributed by atoms with Crippen molar-refractivity contribution in [2.75, 3.05) is 7.05 Å². The standard InChI is InChI=1S/C14H19NO10/c1-5-10(20)11(21)15(2)14(5,6(12(22)23)3-8(16)17)7(13(24)25)4-9(18)19/h5-7,10,20H,3-4H2,1-2H3,(H,16,17)(H,18,19)(H,22,23)(H,24,25). The van der Waals surface area contributed by atoms with Gasteiger partial charge < -0.3 is 30.4 Å². The van der Waals surface area contributed by atoms with Crippen molar-refractivity contribution in [2.45, 2.75) is 31.4 Å². The van der Waals surface area contributed by atoms with Crippen LogP contribution in [0.25, 0.3) is 0 Å². The molecule has 0 saturated carbocycles. The third kappa shape index (κ3) is 3.27. The number of carboxylic acids is 4. The first-order valence-corrected chi connectivity index (χ1v) is 7.23. The summed E-state index contributed by atoms with van der Waals surface area (Å²) in [7, 11) is 1.03. The molecule has 1 fully saturated rings. The van der Waals surface area contributed by atoms with Crippen LogP contribution in [-0.2, 0) is 24.0 Å². The van der Waals surface area contributed by atoms with E-state index in [-0.39, 0.29) is 0 Å². The van der Waals surface area contributed by atoms with Crippen molar-refractivity contribution in [3.63, 3.8) is 0 Å². The molecule has 4 atom stereocenters. The second-order valence-corrected chi connectivity index (χ2v) is 6.00. The number of carbonyl (C=O) groups is 5. The molecule has 1 rings (SSSR count). The third-order valence-electron chi connectivity index (χ3n) is 4.84. The molecule has 5 N–H and O–H groups in total. The molecule has 0 aromatic carbocycles. The van der Waals surface area contributed by atoms with Gasteiger partial charge >= 0.3 is 23.9 Å². The first-order chi connectivity index (χ1) is 11.4. The number of hydrogen-bond donors (Lipinski definition) is 5. The summed E-state index contributed by atoms with van der Waals surface area (Å²) in [6.45, 7) is 1.20. The number of carbonyl (C=O) groups excluding carboxylic acids is 1. The van der Waals surface area contributed by atoms with E-state index in [1.807, 2.05) is 0 Å². The van der Waals surface area contributed by atoms with Crippen molar-refractivity contribution in [1.29, 1.82) is 0 Å². The Hall–Kier alpha value is -2.69. The highest BCUT2D eigenvalue weighted by Crippen LogP contribution is 2.48. The number of aliphatic hydroxyl groups excluding tert-OH is 1. The monoisotopic (exact) mass is 361 g/mol. The van der Waals surface area contributed by atoms with Crippen LogP contribution in [0, 0.1) is 17.8 Å². The first-order valence-electron chi connectivity index (χ1n) is 7.23. The number of likely N-dealkylation sites (N-methyl/N-ethyl adjacent to an activating group) is 1. The molecule has 0 bridgehead atoms. The normalized spacial score (nSPS) is 28.4. The molecule has 1 heterocycles. The first kappa shape index (κ1) is 20.4. The molecule has 140 valence electrons. The van der Waals surface area contributed by atoms with E-state index in [1.54, 1.807) is 0 Å². The van der Waals surface area contributed by atoms with Gasteiger partial charge in [-0.3, -0.25) is 24.0 Å². The summed E-state index contributed by atoms with van der Waals surface area (Å²) in [5.74, 6) is -12.8. The topological polar surface area (TPSA) is 190 Å². The Morgan fingerprint density at radius 3 is 1.56 bits per heavy atom. The van der Waals surface area contributed by atoms with Crippen LogP contribution < -0.4 is 0 Å². The molecule has 0 aromatic rings. The number of likely N-dealkylation sites (tertiary alicyclic amines) is 1. The zero-order valence-corrected chi connectivity index (χ0v) is 13.4. The molecule has 1 aliphatic rings. The van der Waals surface area contributed by atoms with Gasteiger partial charge in [0.25, 0.3) is 5.91 Å². The largest absolute Gasteiger partial charge is 0.481 e. The second-order valence-electron chi connectivity index (χ2n) is 6.00. The zero-order chi connectivity index (χ0) is 19.7. The maximum atomic E-state index is 12.2. The number of rotatable bonds is 8. The maximum absolute atomic E-state index is 12.2. The van der Waals surface area contributed by atoms with E-state index >= 15 is 0 Å². The Balaban J connectivity index is 3.73. The fourth-order valence-electron chi connectivity index (χ4n) is 3.75.